The second-order valence-corrected chi connectivity index (χ2v) is 6.17. The average molecular weight is 399 g/mol. The summed E-state index contributed by atoms with van der Waals surface area (Å²) in [5.74, 6) is -0.831. The number of halogens is 1. The highest BCUT2D eigenvalue weighted by Crippen LogP contribution is 2.14. The van der Waals surface area contributed by atoms with Crippen molar-refractivity contribution in [3.05, 3.63) is 80.9 Å². The zero-order valence-corrected chi connectivity index (χ0v) is 15.5. The van der Waals surface area contributed by atoms with Crippen molar-refractivity contribution in [3.8, 4) is 0 Å². The van der Waals surface area contributed by atoms with Crippen molar-refractivity contribution in [3.63, 3.8) is 0 Å². The van der Waals surface area contributed by atoms with Crippen LogP contribution in [0.3, 0.4) is 0 Å². The first kappa shape index (κ1) is 19.3. The van der Waals surface area contributed by atoms with Gasteiger partial charge in [0.2, 0.25) is 0 Å². The summed E-state index contributed by atoms with van der Waals surface area (Å²) in [5, 5.41) is 0.851. The van der Waals surface area contributed by atoms with E-state index in [0.717, 1.165) is 0 Å². The van der Waals surface area contributed by atoms with Crippen molar-refractivity contribution in [2.45, 2.75) is 6.61 Å². The Morgan fingerprint density at radius 1 is 1.18 bits per heavy atom. The molecular formula is C20H15ClN2O5. The number of carbonyl (C=O) groups excluding carboxylic acids is 2. The van der Waals surface area contributed by atoms with Crippen molar-refractivity contribution in [2.24, 2.45) is 0 Å². The van der Waals surface area contributed by atoms with Crippen LogP contribution in [0.25, 0.3) is 17.0 Å². The molecule has 0 bridgehead atoms. The monoisotopic (exact) mass is 398 g/mol. The molecular weight excluding hydrogens is 384 g/mol. The number of rotatable bonds is 5. The standard InChI is InChI=1S/C20H15ClN2O5/c1-27-20(26)13-5-2-12(3-6-13)4-9-18(24)28-11-17-22-16-10-14(21)7-8-15(16)19(25)23-17/h2-10H,11H2,1H3,(H,22,23,25)/b9-4+. The smallest absolute Gasteiger partial charge is 0.337 e. The molecule has 0 unspecified atom stereocenters. The first-order valence-corrected chi connectivity index (χ1v) is 8.56. The molecule has 1 N–H and O–H groups in total. The van der Waals surface area contributed by atoms with Gasteiger partial charge in [-0.25, -0.2) is 14.6 Å². The molecule has 2 aromatic carbocycles. The van der Waals surface area contributed by atoms with Crippen molar-refractivity contribution >= 4 is 40.5 Å². The lowest BCUT2D eigenvalue weighted by atomic mass is 10.1. The van der Waals surface area contributed by atoms with Gasteiger partial charge in [0.05, 0.1) is 23.6 Å². The summed E-state index contributed by atoms with van der Waals surface area (Å²) < 4.78 is 9.72. The predicted molar refractivity (Wildman–Crippen MR) is 104 cm³/mol. The third-order valence-corrected chi connectivity index (χ3v) is 4.05. The minimum atomic E-state index is -0.606. The Kier molecular flexibility index (Phi) is 5.86. The van der Waals surface area contributed by atoms with E-state index in [-0.39, 0.29) is 18.0 Å². The molecule has 0 aliphatic heterocycles. The Bertz CT molecular complexity index is 1120. The quantitative estimate of drug-likeness (QED) is 0.523. The lowest BCUT2D eigenvalue weighted by molar-refractivity contribution is -0.139. The number of aromatic amines is 1. The molecule has 0 amide bonds. The molecule has 3 rings (SSSR count). The summed E-state index contributed by atoms with van der Waals surface area (Å²) in [4.78, 5) is 42.1. The molecule has 3 aromatic rings. The van der Waals surface area contributed by atoms with Crippen LogP contribution < -0.4 is 5.56 Å². The van der Waals surface area contributed by atoms with Crippen LogP contribution in [0.1, 0.15) is 21.7 Å². The number of fused-ring (bicyclic) bond motifs is 1. The number of esters is 2. The number of ether oxygens (including phenoxy) is 2. The van der Waals surface area contributed by atoms with Crippen LogP contribution in [0.15, 0.2) is 53.3 Å². The van der Waals surface area contributed by atoms with Crippen LogP contribution in [0.4, 0.5) is 0 Å². The van der Waals surface area contributed by atoms with E-state index < -0.39 is 11.9 Å². The first-order valence-electron chi connectivity index (χ1n) is 8.18. The number of carbonyl (C=O) groups is 2. The molecule has 8 heteroatoms. The second-order valence-electron chi connectivity index (χ2n) is 5.73. The highest BCUT2D eigenvalue weighted by Gasteiger charge is 2.07. The van der Waals surface area contributed by atoms with Gasteiger partial charge >= 0.3 is 11.9 Å². The third kappa shape index (κ3) is 4.63. The van der Waals surface area contributed by atoms with Crippen LogP contribution in [0.2, 0.25) is 5.02 Å². The fraction of sp³-hybridized carbons (Fsp3) is 0.100. The fourth-order valence-corrected chi connectivity index (χ4v) is 2.60. The molecule has 0 spiro atoms. The van der Waals surface area contributed by atoms with Gasteiger partial charge in [-0.3, -0.25) is 4.79 Å². The number of hydrogen-bond donors (Lipinski definition) is 1. The maximum atomic E-state index is 12.0. The molecule has 1 heterocycles. The Hall–Kier alpha value is -3.45. The maximum Gasteiger partial charge on any atom is 0.337 e. The van der Waals surface area contributed by atoms with E-state index in [1.54, 1.807) is 48.5 Å². The summed E-state index contributed by atoms with van der Waals surface area (Å²) in [6, 6.07) is 11.3. The molecule has 7 nitrogen and oxygen atoms in total. The van der Waals surface area contributed by atoms with Gasteiger partial charge in [0, 0.05) is 11.1 Å². The second kappa shape index (κ2) is 8.49. The number of aromatic nitrogens is 2. The summed E-state index contributed by atoms with van der Waals surface area (Å²) in [6.07, 6.45) is 2.78. The van der Waals surface area contributed by atoms with E-state index in [2.05, 4.69) is 14.7 Å². The van der Waals surface area contributed by atoms with E-state index in [9.17, 15) is 14.4 Å². The van der Waals surface area contributed by atoms with Crippen molar-refractivity contribution in [1.82, 2.24) is 9.97 Å². The molecule has 0 aliphatic carbocycles. The zero-order valence-electron chi connectivity index (χ0n) is 14.8. The molecule has 0 saturated heterocycles. The fourth-order valence-electron chi connectivity index (χ4n) is 2.43. The van der Waals surface area contributed by atoms with Gasteiger partial charge in [0.1, 0.15) is 12.4 Å². The first-order chi connectivity index (χ1) is 13.5. The number of methoxy groups -OCH3 is 1. The molecule has 0 saturated carbocycles. The zero-order chi connectivity index (χ0) is 20.1. The number of benzene rings is 2. The van der Waals surface area contributed by atoms with Gasteiger partial charge < -0.3 is 14.5 Å². The Morgan fingerprint density at radius 2 is 1.93 bits per heavy atom. The lowest BCUT2D eigenvalue weighted by Gasteiger charge is -2.04. The molecule has 0 radical (unpaired) electrons. The lowest BCUT2D eigenvalue weighted by Crippen LogP contribution is -2.13. The van der Waals surface area contributed by atoms with E-state index in [0.29, 0.717) is 27.1 Å². The van der Waals surface area contributed by atoms with Crippen molar-refractivity contribution in [1.29, 1.82) is 0 Å². The minimum Gasteiger partial charge on any atom is -0.465 e. The molecule has 28 heavy (non-hydrogen) atoms. The van der Waals surface area contributed by atoms with Crippen LogP contribution in [0.5, 0.6) is 0 Å². The van der Waals surface area contributed by atoms with E-state index in [4.69, 9.17) is 16.3 Å². The number of hydrogen-bond acceptors (Lipinski definition) is 6. The molecule has 0 aliphatic rings. The Morgan fingerprint density at radius 3 is 2.64 bits per heavy atom. The van der Waals surface area contributed by atoms with Crippen LogP contribution in [-0.4, -0.2) is 29.0 Å². The summed E-state index contributed by atoms with van der Waals surface area (Å²) >= 11 is 5.91. The third-order valence-electron chi connectivity index (χ3n) is 3.81. The molecule has 1 aromatic heterocycles. The maximum absolute atomic E-state index is 12.0. The predicted octanol–water partition coefficient (Wildman–Crippen LogP) is 3.12. The van der Waals surface area contributed by atoms with E-state index in [1.165, 1.54) is 13.2 Å². The molecule has 0 fully saturated rings. The van der Waals surface area contributed by atoms with Crippen molar-refractivity contribution < 1.29 is 19.1 Å². The molecule has 142 valence electrons. The van der Waals surface area contributed by atoms with Gasteiger partial charge in [-0.1, -0.05) is 23.7 Å². The van der Waals surface area contributed by atoms with Gasteiger partial charge in [-0.05, 0) is 42.0 Å². The van der Waals surface area contributed by atoms with Crippen molar-refractivity contribution in [2.75, 3.05) is 7.11 Å². The Labute approximate surface area is 164 Å². The van der Waals surface area contributed by atoms with Crippen LogP contribution >= 0.6 is 11.6 Å². The average Bonchev–Trinajstić information content (AvgIpc) is 2.70. The van der Waals surface area contributed by atoms with Gasteiger partial charge in [0.25, 0.3) is 5.56 Å². The Balaban J connectivity index is 1.64. The van der Waals surface area contributed by atoms with Crippen LogP contribution in [-0.2, 0) is 20.9 Å². The van der Waals surface area contributed by atoms with E-state index in [1.807, 2.05) is 0 Å². The number of H-pyrrole nitrogens is 1. The SMILES string of the molecule is COC(=O)c1ccc(/C=C/C(=O)OCc2nc3cc(Cl)ccc3c(=O)[nH]2)cc1. The van der Waals surface area contributed by atoms with Gasteiger partial charge in [-0.15, -0.1) is 0 Å². The summed E-state index contributed by atoms with van der Waals surface area (Å²) in [5.41, 5.74) is 1.20. The highest BCUT2D eigenvalue weighted by molar-refractivity contribution is 6.31. The van der Waals surface area contributed by atoms with Gasteiger partial charge in [0.15, 0.2) is 0 Å². The van der Waals surface area contributed by atoms with E-state index >= 15 is 0 Å². The topological polar surface area (TPSA) is 98.3 Å². The molecule has 0 atom stereocenters. The minimum absolute atomic E-state index is 0.192. The summed E-state index contributed by atoms with van der Waals surface area (Å²) in [6.45, 7) is -0.192. The largest absolute Gasteiger partial charge is 0.465 e. The van der Waals surface area contributed by atoms with Gasteiger partial charge in [-0.2, -0.15) is 0 Å². The highest BCUT2D eigenvalue weighted by atomic mass is 35.5. The van der Waals surface area contributed by atoms with Crippen LogP contribution in [0, 0.1) is 0 Å². The normalized spacial score (nSPS) is 10.9. The number of nitrogens with one attached hydrogen (secondary N) is 1. The number of nitrogens with zero attached hydrogens (tertiary/aromatic N) is 1. The summed E-state index contributed by atoms with van der Waals surface area (Å²) in [7, 11) is 1.30.